The standard InChI is InChI=1S/C28H23FN8/c29-21-5-3-18(4-6-21)23-14-31-15-24-25(23)34-28(33-24)26-22-10-20(13-32-27(22)36-35-26)19-9-17(11-30-12-19)16-37-7-1-2-8-37/h3-6,9-15H,1-2,7-8,16H2,(H,33,34)(H,32,35,36). The van der Waals surface area contributed by atoms with Gasteiger partial charge in [-0.2, -0.15) is 5.10 Å². The van der Waals surface area contributed by atoms with Crippen LogP contribution in [0.1, 0.15) is 18.4 Å². The zero-order chi connectivity index (χ0) is 24.8. The summed E-state index contributed by atoms with van der Waals surface area (Å²) in [5, 5.41) is 8.40. The van der Waals surface area contributed by atoms with Crippen molar-refractivity contribution in [1.82, 2.24) is 40.0 Å². The zero-order valence-corrected chi connectivity index (χ0v) is 19.9. The van der Waals surface area contributed by atoms with Crippen LogP contribution in [0.3, 0.4) is 0 Å². The summed E-state index contributed by atoms with van der Waals surface area (Å²) in [6.07, 6.45) is 11.7. The molecule has 182 valence electrons. The van der Waals surface area contributed by atoms with E-state index in [2.05, 4.69) is 47.2 Å². The molecule has 2 N–H and O–H groups in total. The Morgan fingerprint density at radius 2 is 1.68 bits per heavy atom. The SMILES string of the molecule is Fc1ccc(-c2cncc3[nH]c(-c4n[nH]c5ncc(-c6cncc(CN7CCCC7)c6)cc45)nc23)cc1. The number of rotatable bonds is 5. The highest BCUT2D eigenvalue weighted by Gasteiger charge is 2.17. The van der Waals surface area contributed by atoms with Gasteiger partial charge in [0.15, 0.2) is 11.5 Å². The van der Waals surface area contributed by atoms with Gasteiger partial charge in [0.2, 0.25) is 0 Å². The van der Waals surface area contributed by atoms with Gasteiger partial charge in [-0.1, -0.05) is 12.1 Å². The molecule has 8 nitrogen and oxygen atoms in total. The summed E-state index contributed by atoms with van der Waals surface area (Å²) in [5.41, 5.74) is 7.72. The molecule has 0 spiro atoms. The molecule has 5 aromatic heterocycles. The summed E-state index contributed by atoms with van der Waals surface area (Å²) in [4.78, 5) is 24.1. The predicted molar refractivity (Wildman–Crippen MR) is 140 cm³/mol. The molecule has 0 aliphatic carbocycles. The summed E-state index contributed by atoms with van der Waals surface area (Å²) in [6.45, 7) is 3.20. The van der Waals surface area contributed by atoms with Crippen LogP contribution in [0.5, 0.6) is 0 Å². The van der Waals surface area contributed by atoms with Gasteiger partial charge in [0, 0.05) is 48.0 Å². The van der Waals surface area contributed by atoms with Crippen molar-refractivity contribution >= 4 is 22.1 Å². The van der Waals surface area contributed by atoms with Gasteiger partial charge in [0.25, 0.3) is 0 Å². The van der Waals surface area contributed by atoms with E-state index < -0.39 is 0 Å². The first-order valence-corrected chi connectivity index (χ1v) is 12.3. The molecule has 0 bridgehead atoms. The Morgan fingerprint density at radius 3 is 2.54 bits per heavy atom. The predicted octanol–water partition coefficient (Wildman–Crippen LogP) is 5.36. The molecule has 0 radical (unpaired) electrons. The van der Waals surface area contributed by atoms with Gasteiger partial charge in [0.05, 0.1) is 22.6 Å². The molecule has 0 atom stereocenters. The Balaban J connectivity index is 1.27. The quantitative estimate of drug-likeness (QED) is 0.338. The first-order chi connectivity index (χ1) is 18.2. The van der Waals surface area contributed by atoms with Gasteiger partial charge in [-0.25, -0.2) is 14.4 Å². The third-order valence-electron chi connectivity index (χ3n) is 6.92. The monoisotopic (exact) mass is 490 g/mol. The lowest BCUT2D eigenvalue weighted by atomic mass is 10.1. The molecule has 0 unspecified atom stereocenters. The second-order valence-electron chi connectivity index (χ2n) is 9.43. The molecular formula is C28H23FN8. The van der Waals surface area contributed by atoms with E-state index in [1.807, 2.05) is 18.6 Å². The van der Waals surface area contributed by atoms with Crippen molar-refractivity contribution in [2.24, 2.45) is 0 Å². The van der Waals surface area contributed by atoms with E-state index in [0.29, 0.717) is 17.2 Å². The molecule has 1 fully saturated rings. The number of imidazole rings is 1. The van der Waals surface area contributed by atoms with E-state index in [9.17, 15) is 4.39 Å². The Morgan fingerprint density at radius 1 is 0.865 bits per heavy atom. The van der Waals surface area contributed by atoms with E-state index in [4.69, 9.17) is 4.98 Å². The van der Waals surface area contributed by atoms with Crippen LogP contribution in [0.4, 0.5) is 4.39 Å². The fourth-order valence-corrected chi connectivity index (χ4v) is 5.06. The molecule has 6 heterocycles. The van der Waals surface area contributed by atoms with Crippen molar-refractivity contribution in [3.63, 3.8) is 0 Å². The van der Waals surface area contributed by atoms with Crippen LogP contribution < -0.4 is 0 Å². The van der Waals surface area contributed by atoms with E-state index >= 15 is 0 Å². The topological polar surface area (TPSA) is 99.3 Å². The van der Waals surface area contributed by atoms with E-state index in [1.165, 1.54) is 30.5 Å². The van der Waals surface area contributed by atoms with Gasteiger partial charge >= 0.3 is 0 Å². The number of halogens is 1. The van der Waals surface area contributed by atoms with Crippen LogP contribution in [-0.2, 0) is 6.54 Å². The molecule has 1 aliphatic rings. The van der Waals surface area contributed by atoms with Crippen molar-refractivity contribution in [1.29, 1.82) is 0 Å². The number of benzene rings is 1. The lowest BCUT2D eigenvalue weighted by Gasteiger charge is -2.14. The summed E-state index contributed by atoms with van der Waals surface area (Å²) < 4.78 is 13.5. The Bertz CT molecular complexity index is 1730. The van der Waals surface area contributed by atoms with Gasteiger partial charge in [0.1, 0.15) is 11.5 Å². The minimum atomic E-state index is -0.283. The maximum absolute atomic E-state index is 13.5. The van der Waals surface area contributed by atoms with Crippen molar-refractivity contribution < 1.29 is 4.39 Å². The minimum absolute atomic E-state index is 0.283. The molecular weight excluding hydrogens is 467 g/mol. The van der Waals surface area contributed by atoms with Crippen molar-refractivity contribution in [2.45, 2.75) is 19.4 Å². The van der Waals surface area contributed by atoms with E-state index in [1.54, 1.807) is 24.5 Å². The maximum atomic E-state index is 13.5. The number of likely N-dealkylation sites (tertiary alicyclic amines) is 1. The second-order valence-corrected chi connectivity index (χ2v) is 9.43. The Labute approximate surface area is 211 Å². The van der Waals surface area contributed by atoms with Crippen LogP contribution in [0.25, 0.3) is 55.8 Å². The molecule has 1 aliphatic heterocycles. The molecule has 37 heavy (non-hydrogen) atoms. The fourth-order valence-electron chi connectivity index (χ4n) is 5.06. The largest absolute Gasteiger partial charge is 0.335 e. The average Bonchev–Trinajstić information content (AvgIpc) is 3.68. The lowest BCUT2D eigenvalue weighted by molar-refractivity contribution is 0.331. The zero-order valence-electron chi connectivity index (χ0n) is 19.9. The second kappa shape index (κ2) is 8.86. The van der Waals surface area contributed by atoms with E-state index in [-0.39, 0.29) is 5.82 Å². The molecule has 6 aromatic rings. The van der Waals surface area contributed by atoms with Crippen LogP contribution in [0.2, 0.25) is 0 Å². The molecule has 0 amide bonds. The molecule has 1 saturated heterocycles. The number of nitrogens with one attached hydrogen (secondary N) is 2. The smallest absolute Gasteiger partial charge is 0.159 e. The highest BCUT2D eigenvalue weighted by molar-refractivity contribution is 5.96. The van der Waals surface area contributed by atoms with Crippen molar-refractivity contribution in [2.75, 3.05) is 13.1 Å². The Kier molecular flexibility index (Phi) is 5.21. The number of aromatic amines is 2. The third-order valence-corrected chi connectivity index (χ3v) is 6.92. The summed E-state index contributed by atoms with van der Waals surface area (Å²) in [7, 11) is 0. The molecule has 9 heteroatoms. The maximum Gasteiger partial charge on any atom is 0.159 e. The normalized spacial score (nSPS) is 14.2. The first-order valence-electron chi connectivity index (χ1n) is 12.3. The number of pyridine rings is 3. The van der Waals surface area contributed by atoms with Crippen LogP contribution >= 0.6 is 0 Å². The van der Waals surface area contributed by atoms with Crippen molar-refractivity contribution in [3.05, 3.63) is 78.8 Å². The molecule has 1 aromatic carbocycles. The van der Waals surface area contributed by atoms with Crippen LogP contribution in [-0.4, -0.2) is 53.1 Å². The summed E-state index contributed by atoms with van der Waals surface area (Å²) in [6, 6.07) is 10.6. The number of hydrogen-bond donors (Lipinski definition) is 2. The van der Waals surface area contributed by atoms with Gasteiger partial charge in [-0.3, -0.25) is 20.0 Å². The van der Waals surface area contributed by atoms with E-state index in [0.717, 1.165) is 58.3 Å². The van der Waals surface area contributed by atoms with Gasteiger partial charge in [-0.15, -0.1) is 0 Å². The Hall–Kier alpha value is -4.50. The minimum Gasteiger partial charge on any atom is -0.335 e. The van der Waals surface area contributed by atoms with Gasteiger partial charge < -0.3 is 4.98 Å². The molecule has 0 saturated carbocycles. The fraction of sp³-hybridized carbons (Fsp3) is 0.179. The summed E-state index contributed by atoms with van der Waals surface area (Å²) in [5.74, 6) is 0.326. The van der Waals surface area contributed by atoms with Crippen LogP contribution in [0, 0.1) is 5.82 Å². The highest BCUT2D eigenvalue weighted by atomic mass is 19.1. The average molecular weight is 491 g/mol. The highest BCUT2D eigenvalue weighted by Crippen LogP contribution is 2.32. The molecule has 7 rings (SSSR count). The third kappa shape index (κ3) is 4.03. The number of hydrogen-bond acceptors (Lipinski definition) is 6. The summed E-state index contributed by atoms with van der Waals surface area (Å²) >= 11 is 0. The first kappa shape index (κ1) is 21.8. The van der Waals surface area contributed by atoms with Gasteiger partial charge in [-0.05, 0) is 61.3 Å². The van der Waals surface area contributed by atoms with Crippen molar-refractivity contribution in [3.8, 4) is 33.8 Å². The van der Waals surface area contributed by atoms with Crippen LogP contribution in [0.15, 0.2) is 67.4 Å². The number of fused-ring (bicyclic) bond motifs is 2. The number of H-pyrrole nitrogens is 2. The number of nitrogens with zero attached hydrogens (tertiary/aromatic N) is 6. The number of aromatic nitrogens is 7. The lowest BCUT2D eigenvalue weighted by Crippen LogP contribution is -2.18.